The molecule has 2 aromatic carbocycles. The topological polar surface area (TPSA) is 67.6 Å². The van der Waals surface area contributed by atoms with Gasteiger partial charge in [-0.3, -0.25) is 4.79 Å². The second kappa shape index (κ2) is 10.7. The fraction of sp³-hybridized carbons (Fsp3) is 0.462. The summed E-state index contributed by atoms with van der Waals surface area (Å²) in [6, 6.07) is 16.4. The number of hydrogen-bond donors (Lipinski definition) is 1. The molecule has 0 amide bonds. The molecule has 1 N–H and O–H groups in total. The van der Waals surface area contributed by atoms with Gasteiger partial charge in [-0.25, -0.2) is 4.98 Å². The lowest BCUT2D eigenvalue weighted by atomic mass is 9.95. The molecule has 1 aromatic heterocycles. The molecule has 0 spiro atoms. The molecule has 32 heavy (non-hydrogen) atoms. The number of nitrogens with zero attached hydrogens (tertiary/aromatic N) is 3. The lowest BCUT2D eigenvalue weighted by Crippen LogP contribution is -2.35. The Morgan fingerprint density at radius 3 is 2.50 bits per heavy atom. The molecule has 4 rings (SSSR count). The van der Waals surface area contributed by atoms with Crippen LogP contribution in [0.5, 0.6) is 0 Å². The minimum absolute atomic E-state index is 0.0864. The number of hydrogen-bond acceptors (Lipinski definition) is 4. The molecule has 1 aliphatic heterocycles. The number of piperidine rings is 1. The van der Waals surface area contributed by atoms with Crippen LogP contribution in [-0.4, -0.2) is 58.4 Å². The van der Waals surface area contributed by atoms with Crippen LogP contribution >= 0.6 is 0 Å². The number of carbonyl (C=O) groups is 1. The molecule has 6 nitrogen and oxygen atoms in total. The van der Waals surface area contributed by atoms with Crippen molar-refractivity contribution in [1.82, 2.24) is 14.5 Å². The Kier molecular flexibility index (Phi) is 7.55. The van der Waals surface area contributed by atoms with Crippen molar-refractivity contribution in [3.8, 4) is 0 Å². The number of fused-ring (bicyclic) bond motifs is 1. The van der Waals surface area contributed by atoms with Crippen molar-refractivity contribution >= 4 is 17.0 Å². The van der Waals surface area contributed by atoms with E-state index in [4.69, 9.17) is 14.8 Å². The van der Waals surface area contributed by atoms with Gasteiger partial charge in [0.2, 0.25) is 0 Å². The Morgan fingerprint density at radius 2 is 1.78 bits per heavy atom. The summed E-state index contributed by atoms with van der Waals surface area (Å²) < 4.78 is 7.99. The summed E-state index contributed by atoms with van der Waals surface area (Å²) in [7, 11) is 0. The third-order valence-corrected chi connectivity index (χ3v) is 6.40. The second-order valence-corrected chi connectivity index (χ2v) is 8.56. The number of ether oxygens (including phenoxy) is 1. The van der Waals surface area contributed by atoms with Crippen molar-refractivity contribution in [3.63, 3.8) is 0 Å². The minimum atomic E-state index is -0.785. The molecule has 6 heteroatoms. The number of rotatable bonds is 10. The fourth-order valence-corrected chi connectivity index (χ4v) is 4.64. The summed E-state index contributed by atoms with van der Waals surface area (Å²) in [5.74, 6) is 0.905. The number of aromatic nitrogens is 2. The highest BCUT2D eigenvalue weighted by Crippen LogP contribution is 2.30. The van der Waals surface area contributed by atoms with Crippen LogP contribution in [-0.2, 0) is 28.9 Å². The first-order valence-corrected chi connectivity index (χ1v) is 11.7. The molecule has 1 aliphatic rings. The standard InChI is InChI=1S/C26H33N3O3/c1-2-32-18-17-29-24-6-4-3-5-23(24)27-26(29)22-12-15-28(16-13-22)14-11-20-7-9-21(10-8-20)19-25(30)31/h3-10,22H,2,11-19H2,1H3,(H,30,31). The van der Waals surface area contributed by atoms with Crippen molar-refractivity contribution < 1.29 is 14.6 Å². The third-order valence-electron chi connectivity index (χ3n) is 6.40. The van der Waals surface area contributed by atoms with Crippen LogP contribution in [0.3, 0.4) is 0 Å². The van der Waals surface area contributed by atoms with Gasteiger partial charge < -0.3 is 19.3 Å². The summed E-state index contributed by atoms with van der Waals surface area (Å²) in [6.45, 7) is 7.53. The van der Waals surface area contributed by atoms with Gasteiger partial charge in [-0.2, -0.15) is 0 Å². The average Bonchev–Trinajstić information content (AvgIpc) is 3.17. The summed E-state index contributed by atoms with van der Waals surface area (Å²) in [6.07, 6.45) is 3.32. The van der Waals surface area contributed by atoms with Gasteiger partial charge in [0.15, 0.2) is 0 Å². The van der Waals surface area contributed by atoms with E-state index in [9.17, 15) is 4.79 Å². The van der Waals surface area contributed by atoms with Gasteiger partial charge in [0.1, 0.15) is 5.82 Å². The smallest absolute Gasteiger partial charge is 0.307 e. The van der Waals surface area contributed by atoms with Crippen molar-refractivity contribution in [1.29, 1.82) is 0 Å². The highest BCUT2D eigenvalue weighted by Gasteiger charge is 2.25. The van der Waals surface area contributed by atoms with Gasteiger partial charge in [0, 0.05) is 25.6 Å². The Labute approximate surface area is 189 Å². The molecular formula is C26H33N3O3. The summed E-state index contributed by atoms with van der Waals surface area (Å²) >= 11 is 0. The predicted octanol–water partition coefficient (Wildman–Crippen LogP) is 4.12. The van der Waals surface area contributed by atoms with Crippen LogP contribution in [0.2, 0.25) is 0 Å². The minimum Gasteiger partial charge on any atom is -0.481 e. The predicted molar refractivity (Wildman–Crippen MR) is 126 cm³/mol. The van der Waals surface area contributed by atoms with E-state index in [0.717, 1.165) is 63.1 Å². The molecule has 0 bridgehead atoms. The van der Waals surface area contributed by atoms with Crippen molar-refractivity contribution in [3.05, 3.63) is 65.5 Å². The lowest BCUT2D eigenvalue weighted by Gasteiger charge is -2.32. The molecule has 0 atom stereocenters. The van der Waals surface area contributed by atoms with Crippen LogP contribution in [0.1, 0.15) is 42.6 Å². The fourth-order valence-electron chi connectivity index (χ4n) is 4.64. The van der Waals surface area contributed by atoms with E-state index < -0.39 is 5.97 Å². The van der Waals surface area contributed by atoms with E-state index >= 15 is 0 Å². The highest BCUT2D eigenvalue weighted by atomic mass is 16.5. The number of aliphatic carboxylic acids is 1. The Morgan fingerprint density at radius 1 is 1.06 bits per heavy atom. The molecular weight excluding hydrogens is 402 g/mol. The molecule has 170 valence electrons. The zero-order valence-corrected chi connectivity index (χ0v) is 18.9. The van der Waals surface area contributed by atoms with Crippen molar-refractivity contribution in [2.24, 2.45) is 0 Å². The largest absolute Gasteiger partial charge is 0.481 e. The average molecular weight is 436 g/mol. The highest BCUT2D eigenvalue weighted by molar-refractivity contribution is 5.76. The summed E-state index contributed by atoms with van der Waals surface area (Å²) in [4.78, 5) is 18.4. The van der Waals surface area contributed by atoms with E-state index in [0.29, 0.717) is 12.5 Å². The van der Waals surface area contributed by atoms with Crippen LogP contribution in [0.15, 0.2) is 48.5 Å². The molecule has 3 aromatic rings. The van der Waals surface area contributed by atoms with Gasteiger partial charge in [0.05, 0.1) is 24.1 Å². The molecule has 1 fully saturated rings. The molecule has 0 saturated carbocycles. The lowest BCUT2D eigenvalue weighted by molar-refractivity contribution is -0.136. The molecule has 0 radical (unpaired) electrons. The van der Waals surface area contributed by atoms with Crippen molar-refractivity contribution in [2.75, 3.05) is 32.8 Å². The van der Waals surface area contributed by atoms with Gasteiger partial charge in [-0.1, -0.05) is 36.4 Å². The summed E-state index contributed by atoms with van der Waals surface area (Å²) in [5, 5.41) is 8.91. The van der Waals surface area contributed by atoms with Crippen molar-refractivity contribution in [2.45, 2.75) is 45.1 Å². The van der Waals surface area contributed by atoms with E-state index in [1.54, 1.807) is 0 Å². The quantitative estimate of drug-likeness (QED) is 0.485. The van der Waals surface area contributed by atoms with E-state index in [1.807, 2.05) is 19.1 Å². The van der Waals surface area contributed by atoms with E-state index in [-0.39, 0.29) is 6.42 Å². The number of para-hydroxylation sites is 2. The second-order valence-electron chi connectivity index (χ2n) is 8.56. The first kappa shape index (κ1) is 22.5. The normalized spacial score (nSPS) is 15.4. The monoisotopic (exact) mass is 435 g/mol. The van der Waals surface area contributed by atoms with E-state index in [1.165, 1.54) is 16.9 Å². The van der Waals surface area contributed by atoms with Gasteiger partial charge in [0.25, 0.3) is 0 Å². The van der Waals surface area contributed by atoms with Crippen LogP contribution in [0.25, 0.3) is 11.0 Å². The molecule has 2 heterocycles. The number of likely N-dealkylation sites (tertiary alicyclic amines) is 1. The van der Waals surface area contributed by atoms with Gasteiger partial charge in [-0.15, -0.1) is 0 Å². The van der Waals surface area contributed by atoms with Gasteiger partial charge in [-0.05, 0) is 62.5 Å². The van der Waals surface area contributed by atoms with Crippen LogP contribution < -0.4 is 0 Å². The Bertz CT molecular complexity index is 1020. The van der Waals surface area contributed by atoms with Crippen LogP contribution in [0, 0.1) is 0 Å². The number of carboxylic acid groups (broad SMARTS) is 1. The number of imidazole rings is 1. The maximum Gasteiger partial charge on any atom is 0.307 e. The zero-order valence-electron chi connectivity index (χ0n) is 18.9. The van der Waals surface area contributed by atoms with Crippen LogP contribution in [0.4, 0.5) is 0 Å². The van der Waals surface area contributed by atoms with Gasteiger partial charge >= 0.3 is 5.97 Å². The molecule has 1 saturated heterocycles. The number of benzene rings is 2. The Balaban J connectivity index is 1.34. The first-order chi connectivity index (χ1) is 15.6. The maximum atomic E-state index is 10.8. The first-order valence-electron chi connectivity index (χ1n) is 11.7. The number of carboxylic acids is 1. The Hall–Kier alpha value is -2.70. The third kappa shape index (κ3) is 5.56. The molecule has 0 unspecified atom stereocenters. The van der Waals surface area contributed by atoms with E-state index in [2.05, 4.69) is 45.9 Å². The summed E-state index contributed by atoms with van der Waals surface area (Å²) in [5.41, 5.74) is 4.40. The SMILES string of the molecule is CCOCCn1c(C2CCN(CCc3ccc(CC(=O)O)cc3)CC2)nc2ccccc21. The molecule has 0 aliphatic carbocycles. The zero-order chi connectivity index (χ0) is 22.3. The maximum absolute atomic E-state index is 10.8.